The zero-order chi connectivity index (χ0) is 7.49. The molecule has 4 N–H and O–H groups in total. The summed E-state index contributed by atoms with van der Waals surface area (Å²) >= 11 is 0. The SMILES string of the molecule is O=C(CP(=O)(O)O)NO.[Li].[Li]. The normalized spacial score (nSPS) is 9.00. The summed E-state index contributed by atoms with van der Waals surface area (Å²) < 4.78 is 9.92. The molecule has 2 radical (unpaired) electrons. The van der Waals surface area contributed by atoms with E-state index >= 15 is 0 Å². The number of amides is 1. The predicted molar refractivity (Wildman–Crippen MR) is 38.3 cm³/mol. The van der Waals surface area contributed by atoms with Gasteiger partial charge in [-0.2, -0.15) is 0 Å². The third-order valence-electron chi connectivity index (χ3n) is 0.474. The third-order valence-corrected chi connectivity index (χ3v) is 1.17. The Balaban J connectivity index is -0.000000320. The molecule has 1 amide bonds. The number of hydroxylamine groups is 1. The van der Waals surface area contributed by atoms with Gasteiger partial charge in [-0.25, -0.2) is 5.48 Å². The smallest absolute Gasteiger partial charge is 0.324 e. The van der Waals surface area contributed by atoms with Gasteiger partial charge in [0, 0.05) is 37.7 Å². The Morgan fingerprint density at radius 3 is 1.82 bits per heavy atom. The fourth-order valence-corrected chi connectivity index (χ4v) is 0.667. The zero-order valence-corrected chi connectivity index (χ0v) is 7.21. The zero-order valence-electron chi connectivity index (χ0n) is 6.31. The van der Waals surface area contributed by atoms with E-state index in [4.69, 9.17) is 15.0 Å². The van der Waals surface area contributed by atoms with Crippen LogP contribution in [0.5, 0.6) is 0 Å². The number of hydrogen-bond donors (Lipinski definition) is 4. The molecule has 0 aliphatic carbocycles. The van der Waals surface area contributed by atoms with E-state index in [9.17, 15) is 9.36 Å². The summed E-state index contributed by atoms with van der Waals surface area (Å²) in [5, 5.41) is 7.76. The largest absolute Gasteiger partial charge is 0.334 e. The first-order valence-electron chi connectivity index (χ1n) is 1.93. The number of carbonyl (C=O) groups is 1. The van der Waals surface area contributed by atoms with Crippen LogP contribution in [0.25, 0.3) is 0 Å². The first kappa shape index (κ1) is 17.8. The molecule has 0 unspecified atom stereocenters. The summed E-state index contributed by atoms with van der Waals surface area (Å²) in [6.45, 7) is 0. The van der Waals surface area contributed by atoms with Crippen LogP contribution in [-0.2, 0) is 9.36 Å². The van der Waals surface area contributed by atoms with Crippen LogP contribution in [0.4, 0.5) is 0 Å². The minimum atomic E-state index is -4.31. The van der Waals surface area contributed by atoms with Gasteiger partial charge in [0.2, 0.25) is 0 Å². The van der Waals surface area contributed by atoms with Gasteiger partial charge in [0.15, 0.2) is 0 Å². The van der Waals surface area contributed by atoms with Gasteiger partial charge in [-0.3, -0.25) is 14.6 Å². The van der Waals surface area contributed by atoms with Crippen molar-refractivity contribution in [3.63, 3.8) is 0 Å². The van der Waals surface area contributed by atoms with Gasteiger partial charge < -0.3 is 9.79 Å². The average molecular weight is 169 g/mol. The molecule has 56 valence electrons. The van der Waals surface area contributed by atoms with Crippen molar-refractivity contribution in [3.05, 3.63) is 0 Å². The maximum Gasteiger partial charge on any atom is 0.334 e. The molecular weight excluding hydrogens is 163 g/mol. The molecular formula is C2H6Li2NO5P. The minimum absolute atomic E-state index is 0. The molecule has 0 spiro atoms. The molecule has 0 rings (SSSR count). The fourth-order valence-electron chi connectivity index (χ4n) is 0.222. The van der Waals surface area contributed by atoms with E-state index in [0.717, 1.165) is 5.48 Å². The molecule has 0 aliphatic rings. The van der Waals surface area contributed by atoms with Crippen molar-refractivity contribution in [2.75, 3.05) is 6.16 Å². The van der Waals surface area contributed by atoms with Crippen molar-refractivity contribution in [1.29, 1.82) is 0 Å². The van der Waals surface area contributed by atoms with Crippen LogP contribution in [-0.4, -0.2) is 64.8 Å². The maximum atomic E-state index is 9.97. The standard InChI is InChI=1S/C2H6NO5P.2Li/c4-2(3-5)1-9(6,7)8;;/h5H,1H2,(H,3,4)(H2,6,7,8);;. The number of hydrogen-bond acceptors (Lipinski definition) is 3. The minimum Gasteiger partial charge on any atom is -0.324 e. The Morgan fingerprint density at radius 1 is 1.36 bits per heavy atom. The van der Waals surface area contributed by atoms with Crippen LogP contribution in [0.3, 0.4) is 0 Å². The molecule has 0 bridgehead atoms. The Morgan fingerprint density at radius 2 is 1.73 bits per heavy atom. The van der Waals surface area contributed by atoms with E-state index in [1.165, 1.54) is 0 Å². The van der Waals surface area contributed by atoms with E-state index in [-0.39, 0.29) is 37.7 Å². The molecule has 6 nitrogen and oxygen atoms in total. The summed E-state index contributed by atoms with van der Waals surface area (Å²) in [6, 6.07) is 0. The summed E-state index contributed by atoms with van der Waals surface area (Å²) in [5.41, 5.74) is 1.09. The molecule has 0 aliphatic heterocycles. The molecule has 0 aromatic rings. The van der Waals surface area contributed by atoms with Gasteiger partial charge in [-0.05, 0) is 0 Å². The molecule has 0 heterocycles. The van der Waals surface area contributed by atoms with Crippen molar-refractivity contribution in [3.8, 4) is 0 Å². The van der Waals surface area contributed by atoms with Crippen molar-refractivity contribution in [2.45, 2.75) is 0 Å². The summed E-state index contributed by atoms with van der Waals surface area (Å²) in [5.74, 6) is -1.09. The number of rotatable bonds is 2. The van der Waals surface area contributed by atoms with Crippen LogP contribution in [0.1, 0.15) is 0 Å². The van der Waals surface area contributed by atoms with E-state index < -0.39 is 19.7 Å². The second-order valence-corrected chi connectivity index (χ2v) is 3.00. The van der Waals surface area contributed by atoms with Gasteiger partial charge >= 0.3 is 7.60 Å². The second kappa shape index (κ2) is 7.43. The van der Waals surface area contributed by atoms with E-state index in [2.05, 4.69) is 0 Å². The van der Waals surface area contributed by atoms with Gasteiger partial charge in [0.25, 0.3) is 5.91 Å². The third kappa shape index (κ3) is 13.7. The van der Waals surface area contributed by atoms with Crippen molar-refractivity contribution >= 4 is 51.2 Å². The molecule has 0 saturated heterocycles. The molecule has 0 saturated carbocycles. The molecule has 11 heavy (non-hydrogen) atoms. The molecule has 9 heteroatoms. The van der Waals surface area contributed by atoms with Gasteiger partial charge in [-0.1, -0.05) is 0 Å². The molecule has 0 fully saturated rings. The molecule has 0 atom stereocenters. The summed E-state index contributed by atoms with van der Waals surface area (Å²) in [6.07, 6.45) is -0.983. The van der Waals surface area contributed by atoms with Crippen LogP contribution in [0.2, 0.25) is 0 Å². The van der Waals surface area contributed by atoms with Crippen LogP contribution < -0.4 is 5.48 Å². The Hall–Kier alpha value is 0.775. The van der Waals surface area contributed by atoms with Crippen LogP contribution in [0, 0.1) is 0 Å². The molecule has 0 aromatic heterocycles. The number of carbonyl (C=O) groups excluding carboxylic acids is 1. The van der Waals surface area contributed by atoms with Crippen molar-refractivity contribution < 1.29 is 24.4 Å². The van der Waals surface area contributed by atoms with E-state index in [0.29, 0.717) is 0 Å². The van der Waals surface area contributed by atoms with Crippen molar-refractivity contribution in [2.24, 2.45) is 0 Å². The van der Waals surface area contributed by atoms with Gasteiger partial charge in [0.05, 0.1) is 0 Å². The summed E-state index contributed by atoms with van der Waals surface area (Å²) in [4.78, 5) is 26.1. The van der Waals surface area contributed by atoms with Gasteiger partial charge in [0.1, 0.15) is 6.16 Å². The Kier molecular flexibility index (Phi) is 12.0. The quantitative estimate of drug-likeness (QED) is 0.164. The van der Waals surface area contributed by atoms with Crippen LogP contribution in [0.15, 0.2) is 0 Å². The number of nitrogens with one attached hydrogen (secondary N) is 1. The van der Waals surface area contributed by atoms with Gasteiger partial charge in [-0.15, -0.1) is 0 Å². The van der Waals surface area contributed by atoms with E-state index in [1.54, 1.807) is 0 Å². The Labute approximate surface area is 87.2 Å². The predicted octanol–water partition coefficient (Wildman–Crippen LogP) is -2.09. The molecule has 0 aromatic carbocycles. The maximum absolute atomic E-state index is 9.97. The van der Waals surface area contributed by atoms with E-state index in [1.807, 2.05) is 0 Å². The monoisotopic (exact) mass is 169 g/mol. The topological polar surface area (TPSA) is 107 Å². The first-order chi connectivity index (χ1) is 3.95. The Bertz CT molecular complexity index is 157. The van der Waals surface area contributed by atoms with Crippen molar-refractivity contribution in [1.82, 2.24) is 5.48 Å². The summed E-state index contributed by atoms with van der Waals surface area (Å²) in [7, 11) is -4.31. The second-order valence-electron chi connectivity index (χ2n) is 1.36. The average Bonchev–Trinajstić information content (AvgIpc) is 1.62. The van der Waals surface area contributed by atoms with Crippen LogP contribution >= 0.6 is 7.60 Å². The first-order valence-corrected chi connectivity index (χ1v) is 3.73. The fraction of sp³-hybridized carbons (Fsp3) is 0.500.